The van der Waals surface area contributed by atoms with Crippen LogP contribution in [0.2, 0.25) is 0 Å². The van der Waals surface area contributed by atoms with E-state index >= 15 is 0 Å². The van der Waals surface area contributed by atoms with Gasteiger partial charge in [-0.05, 0) is 43.9 Å². The number of amides is 3. The molecule has 0 radical (unpaired) electrons. The van der Waals surface area contributed by atoms with E-state index < -0.39 is 12.1 Å². The molecular weight excluding hydrogens is 436 g/mol. The molecular formula is C25H34N4O5. The maximum atomic E-state index is 13.4. The largest absolute Gasteiger partial charge is 0.497 e. The molecule has 4 rings (SSSR count). The molecule has 0 bridgehead atoms. The van der Waals surface area contributed by atoms with Gasteiger partial charge in [0, 0.05) is 44.2 Å². The maximum Gasteiger partial charge on any atom is 0.405 e. The number of rotatable bonds is 5. The van der Waals surface area contributed by atoms with Gasteiger partial charge >= 0.3 is 6.09 Å². The molecule has 1 aromatic carbocycles. The van der Waals surface area contributed by atoms with E-state index in [4.69, 9.17) is 4.74 Å². The van der Waals surface area contributed by atoms with Crippen molar-refractivity contribution in [1.29, 1.82) is 0 Å². The Labute approximate surface area is 199 Å². The number of fused-ring (bicyclic) bond motifs is 1. The van der Waals surface area contributed by atoms with Gasteiger partial charge in [-0.3, -0.25) is 9.59 Å². The molecule has 2 heterocycles. The van der Waals surface area contributed by atoms with E-state index in [1.54, 1.807) is 16.9 Å². The molecule has 9 heteroatoms. The minimum atomic E-state index is -1.17. The number of ether oxygens (including phenoxy) is 1. The van der Waals surface area contributed by atoms with Gasteiger partial charge in [0.1, 0.15) is 17.5 Å². The Balaban J connectivity index is 1.47. The minimum absolute atomic E-state index is 0.0250. The molecule has 1 saturated carbocycles. The second kappa shape index (κ2) is 9.95. The number of benzene rings is 1. The van der Waals surface area contributed by atoms with Gasteiger partial charge in [-0.1, -0.05) is 19.3 Å². The predicted octanol–water partition coefficient (Wildman–Crippen LogP) is 3.08. The molecule has 2 aliphatic rings. The fourth-order valence-corrected chi connectivity index (χ4v) is 5.43. The Kier molecular flexibility index (Phi) is 7.00. The lowest BCUT2D eigenvalue weighted by molar-refractivity contribution is -0.139. The van der Waals surface area contributed by atoms with E-state index in [0.717, 1.165) is 48.8 Å². The topological polar surface area (TPSA) is 104 Å². The number of methoxy groups -OCH3 is 1. The van der Waals surface area contributed by atoms with Crippen molar-refractivity contribution in [2.24, 2.45) is 13.0 Å². The number of carboxylic acid groups (broad SMARTS) is 1. The summed E-state index contributed by atoms with van der Waals surface area (Å²) in [7, 11) is 3.48. The average Bonchev–Trinajstić information content (AvgIpc) is 3.17. The fraction of sp³-hybridized carbons (Fsp3) is 0.560. The van der Waals surface area contributed by atoms with Crippen molar-refractivity contribution in [3.05, 3.63) is 30.0 Å². The lowest BCUT2D eigenvalue weighted by atomic mass is 9.83. The highest BCUT2D eigenvalue weighted by Crippen LogP contribution is 2.29. The molecule has 184 valence electrons. The summed E-state index contributed by atoms with van der Waals surface area (Å²) in [4.78, 5) is 41.7. The summed E-state index contributed by atoms with van der Waals surface area (Å²) in [6.45, 7) is 3.11. The van der Waals surface area contributed by atoms with Crippen LogP contribution in [0, 0.1) is 5.92 Å². The number of aryl methyl sites for hydroxylation is 1. The molecule has 2 N–H and O–H groups in total. The summed E-state index contributed by atoms with van der Waals surface area (Å²) < 4.78 is 7.18. The zero-order valence-electron chi connectivity index (χ0n) is 20.1. The van der Waals surface area contributed by atoms with Gasteiger partial charge < -0.3 is 29.5 Å². The summed E-state index contributed by atoms with van der Waals surface area (Å²) in [6, 6.07) is 6.67. The van der Waals surface area contributed by atoms with Crippen LogP contribution in [0.1, 0.15) is 49.5 Å². The highest BCUT2D eigenvalue weighted by atomic mass is 16.5. The molecule has 0 spiro atoms. The molecule has 1 aromatic heterocycles. The molecule has 2 aromatic rings. The summed E-state index contributed by atoms with van der Waals surface area (Å²) in [5, 5.41) is 12.8. The Morgan fingerprint density at radius 3 is 2.50 bits per heavy atom. The van der Waals surface area contributed by atoms with Crippen LogP contribution in [0.3, 0.4) is 0 Å². The summed E-state index contributed by atoms with van der Waals surface area (Å²) in [6.07, 6.45) is 3.71. The second-order valence-corrected chi connectivity index (χ2v) is 9.47. The third-order valence-corrected chi connectivity index (χ3v) is 7.34. The lowest BCUT2D eigenvalue weighted by Gasteiger charge is -2.42. The predicted molar refractivity (Wildman–Crippen MR) is 128 cm³/mol. The minimum Gasteiger partial charge on any atom is -0.497 e. The Morgan fingerprint density at radius 1 is 1.12 bits per heavy atom. The number of carbonyl (C=O) groups excluding carboxylic acids is 2. The standard InChI is InChI=1S/C25H34N4O5/c1-16-15-28(23(30)21-13-18-9-10-19(34-3)14-20(18)27(21)2)11-12-29(16)24(31)22(26-25(32)33)17-7-5-4-6-8-17/h9-10,13-14,16-17,22,26H,4-8,11-12,15H2,1-3H3,(H,32,33)/t16-,22+/m1/s1. The van der Waals surface area contributed by atoms with Crippen molar-refractivity contribution in [2.45, 2.75) is 51.1 Å². The first kappa shape index (κ1) is 23.9. The monoisotopic (exact) mass is 470 g/mol. The highest BCUT2D eigenvalue weighted by Gasteiger charge is 2.38. The third-order valence-electron chi connectivity index (χ3n) is 7.34. The van der Waals surface area contributed by atoms with E-state index in [-0.39, 0.29) is 23.8 Å². The first-order valence-electron chi connectivity index (χ1n) is 12.0. The SMILES string of the molecule is COc1ccc2cc(C(=O)N3CCN(C(=O)[C@@H](NC(=O)O)C4CCCCC4)[C@H](C)C3)n(C)c2c1. The number of piperazine rings is 1. The number of nitrogens with one attached hydrogen (secondary N) is 1. The van der Waals surface area contributed by atoms with Gasteiger partial charge in [0.25, 0.3) is 5.91 Å². The quantitative estimate of drug-likeness (QED) is 0.699. The van der Waals surface area contributed by atoms with Gasteiger partial charge in [0.05, 0.1) is 12.6 Å². The van der Waals surface area contributed by atoms with Crippen molar-refractivity contribution >= 4 is 28.8 Å². The highest BCUT2D eigenvalue weighted by molar-refractivity contribution is 5.99. The molecule has 34 heavy (non-hydrogen) atoms. The molecule has 1 aliphatic heterocycles. The van der Waals surface area contributed by atoms with Gasteiger partial charge in [-0.15, -0.1) is 0 Å². The molecule has 3 amide bonds. The van der Waals surface area contributed by atoms with Gasteiger partial charge in [0.2, 0.25) is 5.91 Å². The van der Waals surface area contributed by atoms with Crippen LogP contribution in [0.5, 0.6) is 5.75 Å². The van der Waals surface area contributed by atoms with Crippen LogP contribution in [0.25, 0.3) is 10.9 Å². The van der Waals surface area contributed by atoms with Crippen molar-refractivity contribution < 1.29 is 24.2 Å². The molecule has 2 atom stereocenters. The van der Waals surface area contributed by atoms with Crippen LogP contribution in [-0.4, -0.2) is 76.2 Å². The number of aromatic nitrogens is 1. The first-order valence-corrected chi connectivity index (χ1v) is 12.0. The van der Waals surface area contributed by atoms with Gasteiger partial charge in [-0.2, -0.15) is 0 Å². The van der Waals surface area contributed by atoms with Crippen molar-refractivity contribution in [1.82, 2.24) is 19.7 Å². The third kappa shape index (κ3) is 4.69. The lowest BCUT2D eigenvalue weighted by Crippen LogP contribution is -2.61. The van der Waals surface area contributed by atoms with Gasteiger partial charge in [0.15, 0.2) is 0 Å². The van der Waals surface area contributed by atoms with E-state index in [1.807, 2.05) is 42.8 Å². The number of hydrogen-bond acceptors (Lipinski definition) is 4. The Bertz CT molecular complexity index is 1070. The van der Waals surface area contributed by atoms with E-state index in [0.29, 0.717) is 25.3 Å². The smallest absolute Gasteiger partial charge is 0.405 e. The molecule has 0 unspecified atom stereocenters. The van der Waals surface area contributed by atoms with E-state index in [2.05, 4.69) is 5.32 Å². The number of carbonyl (C=O) groups is 3. The summed E-state index contributed by atoms with van der Waals surface area (Å²) >= 11 is 0. The zero-order chi connectivity index (χ0) is 24.4. The number of nitrogens with zero attached hydrogens (tertiary/aromatic N) is 3. The second-order valence-electron chi connectivity index (χ2n) is 9.47. The van der Waals surface area contributed by atoms with Crippen molar-refractivity contribution in [3.8, 4) is 5.75 Å². The maximum absolute atomic E-state index is 13.4. The van der Waals surface area contributed by atoms with Crippen molar-refractivity contribution in [3.63, 3.8) is 0 Å². The Hall–Kier alpha value is -3.23. The summed E-state index contributed by atoms with van der Waals surface area (Å²) in [5.41, 5.74) is 1.50. The van der Waals surface area contributed by atoms with Gasteiger partial charge in [-0.25, -0.2) is 4.79 Å². The Morgan fingerprint density at radius 2 is 1.85 bits per heavy atom. The van der Waals surface area contributed by atoms with Crippen molar-refractivity contribution in [2.75, 3.05) is 26.7 Å². The van der Waals surface area contributed by atoms with Crippen LogP contribution < -0.4 is 10.1 Å². The average molecular weight is 471 g/mol. The molecule has 1 aliphatic carbocycles. The van der Waals surface area contributed by atoms with Crippen LogP contribution >= 0.6 is 0 Å². The molecule has 1 saturated heterocycles. The molecule has 2 fully saturated rings. The van der Waals surface area contributed by atoms with Crippen LogP contribution in [-0.2, 0) is 11.8 Å². The summed E-state index contributed by atoms with van der Waals surface area (Å²) in [5.74, 6) is 0.502. The zero-order valence-corrected chi connectivity index (χ0v) is 20.1. The van der Waals surface area contributed by atoms with E-state index in [1.165, 1.54) is 0 Å². The normalized spacial score (nSPS) is 20.3. The molecule has 9 nitrogen and oxygen atoms in total. The van der Waals surface area contributed by atoms with Crippen LogP contribution in [0.4, 0.5) is 4.79 Å². The van der Waals surface area contributed by atoms with E-state index in [9.17, 15) is 19.5 Å². The van der Waals surface area contributed by atoms with Crippen LogP contribution in [0.15, 0.2) is 24.3 Å². The number of hydrogen-bond donors (Lipinski definition) is 2. The fourth-order valence-electron chi connectivity index (χ4n) is 5.43. The first-order chi connectivity index (χ1) is 16.3.